The summed E-state index contributed by atoms with van der Waals surface area (Å²) >= 11 is 1.39. The number of hydrogen-bond acceptors (Lipinski definition) is 6. The van der Waals surface area contributed by atoms with Gasteiger partial charge in [-0.05, 0) is 19.1 Å². The summed E-state index contributed by atoms with van der Waals surface area (Å²) in [6.07, 6.45) is 0. The smallest absolute Gasteiger partial charge is 0.240 e. The monoisotopic (exact) mass is 317 g/mol. The predicted octanol–water partition coefficient (Wildman–Crippen LogP) is 1.61. The first-order chi connectivity index (χ1) is 10.7. The van der Waals surface area contributed by atoms with Crippen LogP contribution in [0, 0.1) is 6.92 Å². The van der Waals surface area contributed by atoms with Crippen LogP contribution in [0.15, 0.2) is 30.3 Å². The van der Waals surface area contributed by atoms with Crippen LogP contribution in [-0.4, -0.2) is 53.7 Å². The fourth-order valence-electron chi connectivity index (χ4n) is 2.51. The number of amides is 1. The van der Waals surface area contributed by atoms with Gasteiger partial charge in [0.25, 0.3) is 0 Å². The zero-order valence-electron chi connectivity index (χ0n) is 12.5. The Labute approximate surface area is 133 Å². The third-order valence-corrected chi connectivity index (χ3v) is 4.39. The van der Waals surface area contributed by atoms with Gasteiger partial charge in [0.05, 0.1) is 6.54 Å². The van der Waals surface area contributed by atoms with Crippen molar-refractivity contribution in [2.45, 2.75) is 6.92 Å². The Morgan fingerprint density at radius 3 is 2.55 bits per heavy atom. The number of rotatable bonds is 4. The Hall–Kier alpha value is -1.99. The molecule has 0 unspecified atom stereocenters. The summed E-state index contributed by atoms with van der Waals surface area (Å²) in [7, 11) is 0. The van der Waals surface area contributed by atoms with Crippen molar-refractivity contribution in [3.05, 3.63) is 35.3 Å². The number of nitrogens with zero attached hydrogens (tertiary/aromatic N) is 4. The van der Waals surface area contributed by atoms with Crippen LogP contribution >= 0.6 is 11.3 Å². The van der Waals surface area contributed by atoms with Crippen molar-refractivity contribution in [2.75, 3.05) is 42.9 Å². The van der Waals surface area contributed by atoms with Gasteiger partial charge in [0.15, 0.2) is 0 Å². The average molecular weight is 317 g/mol. The highest BCUT2D eigenvalue weighted by molar-refractivity contribution is 7.15. The van der Waals surface area contributed by atoms with E-state index in [0.717, 1.165) is 31.2 Å². The van der Waals surface area contributed by atoms with Gasteiger partial charge in [0, 0.05) is 31.9 Å². The van der Waals surface area contributed by atoms with Crippen LogP contribution in [0.25, 0.3) is 0 Å². The first-order valence-electron chi connectivity index (χ1n) is 7.33. The summed E-state index contributed by atoms with van der Waals surface area (Å²) in [5.41, 5.74) is 1.25. The highest BCUT2D eigenvalue weighted by atomic mass is 32.1. The first kappa shape index (κ1) is 14.9. The minimum absolute atomic E-state index is 0.0238. The van der Waals surface area contributed by atoms with Crippen molar-refractivity contribution in [2.24, 2.45) is 0 Å². The zero-order valence-corrected chi connectivity index (χ0v) is 13.3. The lowest BCUT2D eigenvalue weighted by molar-refractivity contribution is -0.117. The van der Waals surface area contributed by atoms with E-state index in [1.54, 1.807) is 0 Å². The molecule has 0 aliphatic carbocycles. The van der Waals surface area contributed by atoms with E-state index in [-0.39, 0.29) is 5.91 Å². The van der Waals surface area contributed by atoms with Crippen LogP contribution in [-0.2, 0) is 4.79 Å². The van der Waals surface area contributed by atoms with E-state index in [0.29, 0.717) is 11.7 Å². The molecule has 0 radical (unpaired) electrons. The summed E-state index contributed by atoms with van der Waals surface area (Å²) in [6.45, 7) is 5.93. The fraction of sp³-hybridized carbons (Fsp3) is 0.400. The van der Waals surface area contributed by atoms with Crippen molar-refractivity contribution in [1.29, 1.82) is 0 Å². The van der Waals surface area contributed by atoms with E-state index >= 15 is 0 Å². The summed E-state index contributed by atoms with van der Waals surface area (Å²) in [5, 5.41) is 12.0. The second-order valence-electron chi connectivity index (χ2n) is 5.27. The number of para-hydroxylation sites is 1. The van der Waals surface area contributed by atoms with E-state index in [2.05, 4.69) is 49.6 Å². The quantitative estimate of drug-likeness (QED) is 0.928. The van der Waals surface area contributed by atoms with Gasteiger partial charge in [-0.25, -0.2) is 0 Å². The molecule has 2 aromatic rings. The lowest BCUT2D eigenvalue weighted by Crippen LogP contribution is -2.48. The fourth-order valence-corrected chi connectivity index (χ4v) is 3.12. The van der Waals surface area contributed by atoms with Crippen molar-refractivity contribution < 1.29 is 4.79 Å². The number of aryl methyl sites for hydroxylation is 1. The Kier molecular flexibility index (Phi) is 4.65. The van der Waals surface area contributed by atoms with E-state index in [9.17, 15) is 4.79 Å². The molecule has 1 saturated heterocycles. The van der Waals surface area contributed by atoms with Crippen LogP contribution < -0.4 is 10.2 Å². The van der Waals surface area contributed by atoms with Crippen LogP contribution in [0.2, 0.25) is 0 Å². The van der Waals surface area contributed by atoms with Gasteiger partial charge in [0.2, 0.25) is 11.0 Å². The minimum atomic E-state index is -0.0238. The molecule has 6 nitrogen and oxygen atoms in total. The minimum Gasteiger partial charge on any atom is -0.369 e. The highest BCUT2D eigenvalue weighted by Crippen LogP contribution is 2.16. The second kappa shape index (κ2) is 6.85. The molecule has 0 spiro atoms. The normalized spacial score (nSPS) is 15.8. The topological polar surface area (TPSA) is 61.4 Å². The molecule has 1 aliphatic rings. The van der Waals surface area contributed by atoms with Gasteiger partial charge >= 0.3 is 0 Å². The van der Waals surface area contributed by atoms with Crippen molar-refractivity contribution in [3.8, 4) is 0 Å². The summed E-state index contributed by atoms with van der Waals surface area (Å²) in [4.78, 5) is 16.5. The highest BCUT2D eigenvalue weighted by Gasteiger charge is 2.19. The molecular weight excluding hydrogens is 298 g/mol. The maximum Gasteiger partial charge on any atom is 0.240 e. The largest absolute Gasteiger partial charge is 0.369 e. The number of anilines is 2. The number of hydrogen-bond donors (Lipinski definition) is 1. The Morgan fingerprint density at radius 1 is 1.18 bits per heavy atom. The van der Waals surface area contributed by atoms with Crippen LogP contribution in [0.1, 0.15) is 5.01 Å². The number of piperazine rings is 1. The van der Waals surface area contributed by atoms with Gasteiger partial charge in [-0.15, -0.1) is 10.2 Å². The Morgan fingerprint density at radius 2 is 1.91 bits per heavy atom. The van der Waals surface area contributed by atoms with E-state index < -0.39 is 0 Å². The van der Waals surface area contributed by atoms with Gasteiger partial charge in [-0.3, -0.25) is 15.0 Å². The summed E-state index contributed by atoms with van der Waals surface area (Å²) < 4.78 is 0. The first-order valence-corrected chi connectivity index (χ1v) is 8.15. The molecule has 1 N–H and O–H groups in total. The molecule has 2 heterocycles. The third kappa shape index (κ3) is 3.80. The number of carbonyl (C=O) groups excluding carboxylic acids is 1. The van der Waals surface area contributed by atoms with Crippen molar-refractivity contribution in [3.63, 3.8) is 0 Å². The summed E-state index contributed by atoms with van der Waals surface area (Å²) in [6, 6.07) is 10.4. The van der Waals surface area contributed by atoms with Gasteiger partial charge < -0.3 is 4.90 Å². The number of nitrogens with one attached hydrogen (secondary N) is 1. The molecule has 0 atom stereocenters. The molecule has 1 amide bonds. The molecule has 0 bridgehead atoms. The molecule has 3 rings (SSSR count). The van der Waals surface area contributed by atoms with Crippen molar-refractivity contribution >= 4 is 28.1 Å². The molecule has 7 heteroatoms. The molecule has 1 aromatic carbocycles. The van der Waals surface area contributed by atoms with Crippen LogP contribution in [0.5, 0.6) is 0 Å². The molecule has 22 heavy (non-hydrogen) atoms. The third-order valence-electron chi connectivity index (χ3n) is 3.63. The number of benzene rings is 1. The lowest BCUT2D eigenvalue weighted by Gasteiger charge is -2.35. The molecule has 116 valence electrons. The molecule has 1 aromatic heterocycles. The lowest BCUT2D eigenvalue weighted by atomic mass is 10.2. The van der Waals surface area contributed by atoms with Gasteiger partial charge in [-0.1, -0.05) is 29.5 Å². The Balaban J connectivity index is 1.46. The predicted molar refractivity (Wildman–Crippen MR) is 88.4 cm³/mol. The molecule has 1 fully saturated rings. The second-order valence-corrected chi connectivity index (χ2v) is 6.45. The SMILES string of the molecule is Cc1nnc(NC(=O)CN2CCN(c3ccccc3)CC2)s1. The van der Waals surface area contributed by atoms with Gasteiger partial charge in [0.1, 0.15) is 5.01 Å². The van der Waals surface area contributed by atoms with Gasteiger partial charge in [-0.2, -0.15) is 0 Å². The summed E-state index contributed by atoms with van der Waals surface area (Å²) in [5.74, 6) is -0.0238. The number of carbonyl (C=O) groups is 1. The molecular formula is C15H19N5OS. The average Bonchev–Trinajstić information content (AvgIpc) is 2.94. The van der Waals surface area contributed by atoms with E-state index in [1.807, 2.05) is 13.0 Å². The van der Waals surface area contributed by atoms with E-state index in [1.165, 1.54) is 17.0 Å². The maximum absolute atomic E-state index is 12.0. The zero-order chi connectivity index (χ0) is 15.4. The van der Waals surface area contributed by atoms with E-state index in [4.69, 9.17) is 0 Å². The van der Waals surface area contributed by atoms with Crippen LogP contribution in [0.4, 0.5) is 10.8 Å². The van der Waals surface area contributed by atoms with Crippen molar-refractivity contribution in [1.82, 2.24) is 15.1 Å². The molecule has 1 aliphatic heterocycles. The Bertz CT molecular complexity index is 622. The number of aromatic nitrogens is 2. The maximum atomic E-state index is 12.0. The standard InChI is InChI=1S/C15H19N5OS/c1-12-17-18-15(22-12)16-14(21)11-19-7-9-20(10-8-19)13-5-3-2-4-6-13/h2-6H,7-11H2,1H3,(H,16,18,21). The van der Waals surface area contributed by atoms with Crippen LogP contribution in [0.3, 0.4) is 0 Å². The molecule has 0 saturated carbocycles.